The van der Waals surface area contributed by atoms with Gasteiger partial charge in [0.2, 0.25) is 0 Å². The fraction of sp³-hybridized carbons (Fsp3) is 0.538. The monoisotopic (exact) mass is 240 g/mol. The minimum atomic E-state index is 0. The van der Waals surface area contributed by atoms with Crippen LogP contribution < -0.4 is 5.73 Å². The van der Waals surface area contributed by atoms with Crippen molar-refractivity contribution in [2.24, 2.45) is 5.73 Å². The topological polar surface area (TPSA) is 29.3 Å². The quantitative estimate of drug-likeness (QED) is 0.859. The van der Waals surface area contributed by atoms with Gasteiger partial charge in [0.25, 0.3) is 0 Å². The lowest BCUT2D eigenvalue weighted by molar-refractivity contribution is 0.326. The van der Waals surface area contributed by atoms with Gasteiger partial charge in [-0.25, -0.2) is 0 Å². The van der Waals surface area contributed by atoms with Crippen molar-refractivity contribution in [2.45, 2.75) is 32.9 Å². The number of hydrogen-bond acceptors (Lipinski definition) is 2. The van der Waals surface area contributed by atoms with Gasteiger partial charge < -0.3 is 5.73 Å². The fourth-order valence-electron chi connectivity index (χ4n) is 2.23. The van der Waals surface area contributed by atoms with Crippen molar-refractivity contribution < 1.29 is 0 Å². The summed E-state index contributed by atoms with van der Waals surface area (Å²) in [7, 11) is 0. The summed E-state index contributed by atoms with van der Waals surface area (Å²) in [6, 6.07) is 6.93. The summed E-state index contributed by atoms with van der Waals surface area (Å²) in [5, 5.41) is 0. The third-order valence-electron chi connectivity index (χ3n) is 3.42. The van der Waals surface area contributed by atoms with Gasteiger partial charge in [0.05, 0.1) is 0 Å². The molecule has 16 heavy (non-hydrogen) atoms. The van der Waals surface area contributed by atoms with E-state index in [4.69, 9.17) is 5.73 Å². The predicted octanol–water partition coefficient (Wildman–Crippen LogP) is 2.26. The Labute approximate surface area is 104 Å². The van der Waals surface area contributed by atoms with Crippen LogP contribution in [0.3, 0.4) is 0 Å². The molecule has 1 aromatic carbocycles. The maximum Gasteiger partial charge on any atom is 0.0237 e. The number of likely N-dealkylation sites (tertiary alicyclic amines) is 1. The summed E-state index contributed by atoms with van der Waals surface area (Å²) in [5.41, 5.74) is 10.2. The normalized spacial score (nSPS) is 20.8. The molecule has 0 saturated carbocycles. The first-order valence-corrected chi connectivity index (χ1v) is 5.70. The Hall–Kier alpha value is -0.570. The van der Waals surface area contributed by atoms with Crippen LogP contribution in [0.1, 0.15) is 23.1 Å². The van der Waals surface area contributed by atoms with Crippen LogP contribution in [0, 0.1) is 13.8 Å². The van der Waals surface area contributed by atoms with E-state index >= 15 is 0 Å². The van der Waals surface area contributed by atoms with Crippen molar-refractivity contribution >= 4 is 12.4 Å². The van der Waals surface area contributed by atoms with Crippen molar-refractivity contribution in [3.8, 4) is 0 Å². The zero-order chi connectivity index (χ0) is 10.8. The van der Waals surface area contributed by atoms with E-state index in [0.29, 0.717) is 6.04 Å². The number of nitrogens with two attached hydrogens (primary N) is 1. The molecule has 1 aliphatic rings. The molecular weight excluding hydrogens is 220 g/mol. The highest BCUT2D eigenvalue weighted by Crippen LogP contribution is 2.17. The molecule has 1 saturated heterocycles. The third-order valence-corrected chi connectivity index (χ3v) is 3.42. The highest BCUT2D eigenvalue weighted by atomic mass is 35.5. The Morgan fingerprint density at radius 3 is 2.75 bits per heavy atom. The molecular formula is C13H21ClN2. The number of halogens is 1. The van der Waals surface area contributed by atoms with Crippen molar-refractivity contribution in [1.29, 1.82) is 0 Å². The fourth-order valence-corrected chi connectivity index (χ4v) is 2.23. The molecule has 2 rings (SSSR count). The first-order chi connectivity index (χ1) is 7.16. The standard InChI is InChI=1S/C13H20N2.ClH/c1-10-4-3-5-12(11(10)2)8-15-7-6-13(14)9-15;/h3-5,13H,6-9,14H2,1-2H3;1H/t13-;/m1./s1. The summed E-state index contributed by atoms with van der Waals surface area (Å²) in [5.74, 6) is 0. The molecule has 2 nitrogen and oxygen atoms in total. The Bertz CT molecular complexity index is 352. The maximum absolute atomic E-state index is 5.91. The summed E-state index contributed by atoms with van der Waals surface area (Å²) in [4.78, 5) is 2.45. The molecule has 0 aliphatic carbocycles. The SMILES string of the molecule is Cc1cccc(CN2CC[C@@H](N)C2)c1C.Cl. The van der Waals surface area contributed by atoms with Gasteiger partial charge >= 0.3 is 0 Å². The molecule has 1 fully saturated rings. The second kappa shape index (κ2) is 5.67. The number of hydrogen-bond donors (Lipinski definition) is 1. The van der Waals surface area contributed by atoms with Crippen LogP contribution in [-0.2, 0) is 6.54 Å². The van der Waals surface area contributed by atoms with Crippen LogP contribution >= 0.6 is 12.4 Å². The Morgan fingerprint density at radius 1 is 1.38 bits per heavy atom. The second-order valence-corrected chi connectivity index (χ2v) is 4.64. The van der Waals surface area contributed by atoms with Crippen molar-refractivity contribution in [1.82, 2.24) is 4.90 Å². The molecule has 1 aromatic rings. The number of benzene rings is 1. The molecule has 2 N–H and O–H groups in total. The lowest BCUT2D eigenvalue weighted by Gasteiger charge is -2.17. The van der Waals surface area contributed by atoms with Gasteiger partial charge in [-0.15, -0.1) is 12.4 Å². The van der Waals surface area contributed by atoms with Gasteiger partial charge in [-0.1, -0.05) is 18.2 Å². The molecule has 0 spiro atoms. The molecule has 90 valence electrons. The summed E-state index contributed by atoms with van der Waals surface area (Å²) < 4.78 is 0. The van der Waals surface area contributed by atoms with E-state index in [1.807, 2.05) is 0 Å². The van der Waals surface area contributed by atoms with Crippen LogP contribution in [0.25, 0.3) is 0 Å². The third kappa shape index (κ3) is 2.97. The van der Waals surface area contributed by atoms with Crippen LogP contribution in [0.4, 0.5) is 0 Å². The molecule has 1 aliphatic heterocycles. The molecule has 0 aromatic heterocycles. The molecule has 1 atom stereocenters. The lowest BCUT2D eigenvalue weighted by Crippen LogP contribution is -2.26. The van der Waals surface area contributed by atoms with E-state index in [9.17, 15) is 0 Å². The first-order valence-electron chi connectivity index (χ1n) is 5.70. The second-order valence-electron chi connectivity index (χ2n) is 4.64. The van der Waals surface area contributed by atoms with Gasteiger partial charge in [-0.3, -0.25) is 4.90 Å². The predicted molar refractivity (Wildman–Crippen MR) is 71.0 cm³/mol. The molecule has 0 unspecified atom stereocenters. The van der Waals surface area contributed by atoms with Crippen LogP contribution in [0.15, 0.2) is 18.2 Å². The minimum absolute atomic E-state index is 0. The van der Waals surface area contributed by atoms with E-state index in [0.717, 1.165) is 26.1 Å². The Kier molecular flexibility index (Phi) is 4.78. The van der Waals surface area contributed by atoms with Crippen molar-refractivity contribution in [3.63, 3.8) is 0 Å². The van der Waals surface area contributed by atoms with Crippen molar-refractivity contribution in [3.05, 3.63) is 34.9 Å². The lowest BCUT2D eigenvalue weighted by atomic mass is 10.0. The zero-order valence-corrected chi connectivity index (χ0v) is 10.9. The zero-order valence-electron chi connectivity index (χ0n) is 10.1. The molecule has 0 amide bonds. The maximum atomic E-state index is 5.91. The van der Waals surface area contributed by atoms with E-state index in [1.54, 1.807) is 0 Å². The molecule has 1 heterocycles. The van der Waals surface area contributed by atoms with E-state index in [2.05, 4.69) is 36.9 Å². The van der Waals surface area contributed by atoms with Gasteiger partial charge in [0.15, 0.2) is 0 Å². The van der Waals surface area contributed by atoms with Gasteiger partial charge in [-0.05, 0) is 37.0 Å². The highest BCUT2D eigenvalue weighted by molar-refractivity contribution is 5.85. The average Bonchev–Trinajstić information content (AvgIpc) is 2.59. The van der Waals surface area contributed by atoms with Crippen LogP contribution in [0.5, 0.6) is 0 Å². The molecule has 0 bridgehead atoms. The van der Waals surface area contributed by atoms with E-state index in [1.165, 1.54) is 16.7 Å². The number of nitrogens with zero attached hydrogens (tertiary/aromatic N) is 1. The van der Waals surface area contributed by atoms with Gasteiger partial charge in [0, 0.05) is 25.7 Å². The number of rotatable bonds is 2. The summed E-state index contributed by atoms with van der Waals surface area (Å²) in [6.45, 7) is 7.64. The average molecular weight is 241 g/mol. The minimum Gasteiger partial charge on any atom is -0.326 e. The molecule has 3 heteroatoms. The van der Waals surface area contributed by atoms with Gasteiger partial charge in [0.1, 0.15) is 0 Å². The largest absolute Gasteiger partial charge is 0.326 e. The Morgan fingerprint density at radius 2 is 2.12 bits per heavy atom. The van der Waals surface area contributed by atoms with Gasteiger partial charge in [-0.2, -0.15) is 0 Å². The Balaban J connectivity index is 0.00000128. The summed E-state index contributed by atoms with van der Waals surface area (Å²) in [6.07, 6.45) is 1.14. The summed E-state index contributed by atoms with van der Waals surface area (Å²) >= 11 is 0. The number of aryl methyl sites for hydroxylation is 1. The van der Waals surface area contributed by atoms with E-state index < -0.39 is 0 Å². The first kappa shape index (κ1) is 13.5. The smallest absolute Gasteiger partial charge is 0.0237 e. The highest BCUT2D eigenvalue weighted by Gasteiger charge is 2.19. The van der Waals surface area contributed by atoms with Crippen LogP contribution in [0.2, 0.25) is 0 Å². The van der Waals surface area contributed by atoms with Crippen molar-refractivity contribution in [2.75, 3.05) is 13.1 Å². The van der Waals surface area contributed by atoms with Crippen LogP contribution in [-0.4, -0.2) is 24.0 Å². The molecule has 0 radical (unpaired) electrons. The van der Waals surface area contributed by atoms with E-state index in [-0.39, 0.29) is 12.4 Å².